The van der Waals surface area contributed by atoms with Gasteiger partial charge >= 0.3 is 0 Å². The quantitative estimate of drug-likeness (QED) is 0.748. The molecule has 0 amide bonds. The average Bonchev–Trinajstić information content (AvgIpc) is 2.96. The Kier molecular flexibility index (Phi) is 3.39. The van der Waals surface area contributed by atoms with Crippen molar-refractivity contribution in [1.82, 2.24) is 20.2 Å². The number of hydrogen-bond donors (Lipinski definition) is 1. The summed E-state index contributed by atoms with van der Waals surface area (Å²) in [5.41, 5.74) is 9.65. The van der Waals surface area contributed by atoms with Crippen LogP contribution in [0.1, 0.15) is 25.3 Å². The molecular formula is C16H17N5. The minimum atomic E-state index is 0.388. The zero-order valence-electron chi connectivity index (χ0n) is 12.1. The highest BCUT2D eigenvalue weighted by atomic mass is 15.5. The molecule has 0 fully saturated rings. The maximum Gasteiger partial charge on any atom is 0.187 e. The summed E-state index contributed by atoms with van der Waals surface area (Å²) >= 11 is 0. The van der Waals surface area contributed by atoms with Crippen LogP contribution in [0.3, 0.4) is 0 Å². The predicted molar refractivity (Wildman–Crippen MR) is 83.1 cm³/mol. The number of nitrogens with two attached hydrogens (primary N) is 1. The Bertz CT molecular complexity index is 761. The Balaban J connectivity index is 2.16. The summed E-state index contributed by atoms with van der Waals surface area (Å²) in [5, 5.41) is 12.1. The van der Waals surface area contributed by atoms with E-state index < -0.39 is 0 Å². The maximum absolute atomic E-state index is 5.85. The van der Waals surface area contributed by atoms with Gasteiger partial charge < -0.3 is 5.73 Å². The first kappa shape index (κ1) is 13.3. The van der Waals surface area contributed by atoms with Crippen LogP contribution in [-0.2, 0) is 0 Å². The third-order valence-corrected chi connectivity index (χ3v) is 3.40. The van der Waals surface area contributed by atoms with Crippen molar-refractivity contribution >= 4 is 5.69 Å². The van der Waals surface area contributed by atoms with Crippen LogP contribution >= 0.6 is 0 Å². The molecule has 5 heteroatoms. The zero-order valence-corrected chi connectivity index (χ0v) is 12.1. The number of rotatable bonds is 3. The van der Waals surface area contributed by atoms with Gasteiger partial charge in [-0.05, 0) is 40.1 Å². The van der Waals surface area contributed by atoms with E-state index in [1.54, 1.807) is 4.68 Å². The van der Waals surface area contributed by atoms with Crippen molar-refractivity contribution in [3.63, 3.8) is 0 Å². The van der Waals surface area contributed by atoms with E-state index in [1.165, 1.54) is 5.56 Å². The molecule has 0 aliphatic carbocycles. The molecule has 2 aromatic carbocycles. The van der Waals surface area contributed by atoms with Crippen molar-refractivity contribution in [2.75, 3.05) is 5.73 Å². The minimum Gasteiger partial charge on any atom is -0.399 e. The number of anilines is 1. The molecule has 5 nitrogen and oxygen atoms in total. The van der Waals surface area contributed by atoms with Gasteiger partial charge in [-0.15, -0.1) is 5.10 Å². The van der Waals surface area contributed by atoms with E-state index in [-0.39, 0.29) is 0 Å². The fourth-order valence-corrected chi connectivity index (χ4v) is 2.38. The van der Waals surface area contributed by atoms with E-state index in [2.05, 4.69) is 35.4 Å². The van der Waals surface area contributed by atoms with Crippen LogP contribution in [0.15, 0.2) is 48.5 Å². The second kappa shape index (κ2) is 5.36. The highest BCUT2D eigenvalue weighted by molar-refractivity contribution is 5.63. The first-order valence-corrected chi connectivity index (χ1v) is 6.90. The molecule has 1 aromatic heterocycles. The molecule has 0 saturated heterocycles. The predicted octanol–water partition coefficient (Wildman–Crippen LogP) is 3.03. The van der Waals surface area contributed by atoms with Gasteiger partial charge in [0.2, 0.25) is 0 Å². The summed E-state index contributed by atoms with van der Waals surface area (Å²) in [4.78, 5) is 0. The van der Waals surface area contributed by atoms with Crippen LogP contribution in [0.2, 0.25) is 0 Å². The van der Waals surface area contributed by atoms with Gasteiger partial charge in [0, 0.05) is 11.3 Å². The molecule has 3 aromatic rings. The Morgan fingerprint density at radius 2 is 1.86 bits per heavy atom. The van der Waals surface area contributed by atoms with Gasteiger partial charge in [0.15, 0.2) is 5.82 Å². The summed E-state index contributed by atoms with van der Waals surface area (Å²) in [6, 6.07) is 15.7. The molecule has 0 aliphatic heterocycles. The molecule has 0 bridgehead atoms. The molecule has 0 radical (unpaired) electrons. The second-order valence-corrected chi connectivity index (χ2v) is 5.25. The molecular weight excluding hydrogens is 262 g/mol. The molecule has 106 valence electrons. The lowest BCUT2D eigenvalue weighted by molar-refractivity contribution is 0.765. The van der Waals surface area contributed by atoms with E-state index >= 15 is 0 Å². The molecule has 21 heavy (non-hydrogen) atoms. The summed E-state index contributed by atoms with van der Waals surface area (Å²) in [6.45, 7) is 4.31. The van der Waals surface area contributed by atoms with E-state index in [1.807, 2.05) is 42.5 Å². The number of aromatic nitrogens is 4. The fourth-order valence-electron chi connectivity index (χ4n) is 2.38. The normalized spacial score (nSPS) is 11.0. The third-order valence-electron chi connectivity index (χ3n) is 3.40. The average molecular weight is 279 g/mol. The van der Waals surface area contributed by atoms with Crippen LogP contribution in [0.4, 0.5) is 5.69 Å². The fraction of sp³-hybridized carbons (Fsp3) is 0.188. The number of para-hydroxylation sites is 1. The third kappa shape index (κ3) is 2.50. The van der Waals surface area contributed by atoms with Crippen molar-refractivity contribution in [2.24, 2.45) is 0 Å². The largest absolute Gasteiger partial charge is 0.399 e. The highest BCUT2D eigenvalue weighted by Crippen LogP contribution is 2.26. The van der Waals surface area contributed by atoms with Crippen molar-refractivity contribution in [3.8, 4) is 17.1 Å². The standard InChI is InChI=1S/C16H17N5/c1-11(2)14-8-3-4-9-15(14)21-16(18-19-20-21)12-6-5-7-13(17)10-12/h3-11H,17H2,1-2H3. The van der Waals surface area contributed by atoms with Crippen LogP contribution in [0, 0.1) is 0 Å². The Labute approximate surface area is 123 Å². The Hall–Kier alpha value is -2.69. The maximum atomic E-state index is 5.85. The minimum absolute atomic E-state index is 0.388. The molecule has 0 saturated carbocycles. The van der Waals surface area contributed by atoms with Gasteiger partial charge in [0.05, 0.1) is 5.69 Å². The molecule has 0 unspecified atom stereocenters. The summed E-state index contributed by atoms with van der Waals surface area (Å²) in [7, 11) is 0. The number of benzene rings is 2. The van der Waals surface area contributed by atoms with Crippen molar-refractivity contribution in [1.29, 1.82) is 0 Å². The Morgan fingerprint density at radius 3 is 2.62 bits per heavy atom. The summed E-state index contributed by atoms with van der Waals surface area (Å²) < 4.78 is 1.77. The van der Waals surface area contributed by atoms with Crippen molar-refractivity contribution < 1.29 is 0 Å². The number of hydrogen-bond acceptors (Lipinski definition) is 4. The van der Waals surface area contributed by atoms with Crippen LogP contribution in [-0.4, -0.2) is 20.2 Å². The zero-order chi connectivity index (χ0) is 14.8. The summed E-state index contributed by atoms with van der Waals surface area (Å²) in [5.74, 6) is 1.08. The van der Waals surface area contributed by atoms with Gasteiger partial charge in [-0.2, -0.15) is 4.68 Å². The van der Waals surface area contributed by atoms with E-state index in [9.17, 15) is 0 Å². The molecule has 0 atom stereocenters. The van der Waals surface area contributed by atoms with Crippen LogP contribution in [0.25, 0.3) is 17.1 Å². The van der Waals surface area contributed by atoms with Crippen molar-refractivity contribution in [3.05, 3.63) is 54.1 Å². The molecule has 0 spiro atoms. The highest BCUT2D eigenvalue weighted by Gasteiger charge is 2.15. The first-order chi connectivity index (χ1) is 10.2. The van der Waals surface area contributed by atoms with Gasteiger partial charge in [-0.25, -0.2) is 0 Å². The van der Waals surface area contributed by atoms with Gasteiger partial charge in [0.25, 0.3) is 0 Å². The van der Waals surface area contributed by atoms with Crippen molar-refractivity contribution in [2.45, 2.75) is 19.8 Å². The Morgan fingerprint density at radius 1 is 1.05 bits per heavy atom. The first-order valence-electron chi connectivity index (χ1n) is 6.90. The van der Waals surface area contributed by atoms with Crippen LogP contribution in [0.5, 0.6) is 0 Å². The monoisotopic (exact) mass is 279 g/mol. The van der Waals surface area contributed by atoms with E-state index in [4.69, 9.17) is 5.73 Å². The van der Waals surface area contributed by atoms with Gasteiger partial charge in [0.1, 0.15) is 0 Å². The number of nitrogens with zero attached hydrogens (tertiary/aromatic N) is 4. The SMILES string of the molecule is CC(C)c1ccccc1-n1nnnc1-c1cccc(N)c1. The van der Waals surface area contributed by atoms with E-state index in [0.29, 0.717) is 17.4 Å². The lowest BCUT2D eigenvalue weighted by Gasteiger charge is -2.13. The van der Waals surface area contributed by atoms with Crippen LogP contribution < -0.4 is 5.73 Å². The number of nitrogen functional groups attached to an aromatic ring is 1. The summed E-state index contributed by atoms with van der Waals surface area (Å²) in [6.07, 6.45) is 0. The van der Waals surface area contributed by atoms with Gasteiger partial charge in [-0.1, -0.05) is 44.2 Å². The number of tetrazole rings is 1. The molecule has 0 aliphatic rings. The smallest absolute Gasteiger partial charge is 0.187 e. The molecule has 3 rings (SSSR count). The van der Waals surface area contributed by atoms with E-state index in [0.717, 1.165) is 11.3 Å². The second-order valence-electron chi connectivity index (χ2n) is 5.25. The molecule has 1 heterocycles. The molecule has 2 N–H and O–H groups in total. The van der Waals surface area contributed by atoms with Gasteiger partial charge in [-0.3, -0.25) is 0 Å². The lowest BCUT2D eigenvalue weighted by Crippen LogP contribution is -2.05. The lowest BCUT2D eigenvalue weighted by atomic mass is 10.0. The topological polar surface area (TPSA) is 69.6 Å².